The lowest BCUT2D eigenvalue weighted by Crippen LogP contribution is -2.52. The van der Waals surface area contributed by atoms with Crippen molar-refractivity contribution in [3.8, 4) is 0 Å². The summed E-state index contributed by atoms with van der Waals surface area (Å²) >= 11 is 0. The van der Waals surface area contributed by atoms with Gasteiger partial charge >= 0.3 is 6.03 Å². The summed E-state index contributed by atoms with van der Waals surface area (Å²) in [5, 5.41) is 7.04. The maximum absolute atomic E-state index is 12.2. The average Bonchev–Trinajstić information content (AvgIpc) is 3.17. The fraction of sp³-hybridized carbons (Fsp3) is 0.733. The molecule has 3 heterocycles. The summed E-state index contributed by atoms with van der Waals surface area (Å²) in [6, 6.07) is 2.01. The van der Waals surface area contributed by atoms with Crippen LogP contribution in [0.15, 0.2) is 10.6 Å². The van der Waals surface area contributed by atoms with E-state index in [9.17, 15) is 4.79 Å². The molecule has 2 saturated heterocycles. The first-order chi connectivity index (χ1) is 10.7. The second-order valence-corrected chi connectivity index (χ2v) is 6.11. The third kappa shape index (κ3) is 3.98. The van der Waals surface area contributed by atoms with Gasteiger partial charge in [0.1, 0.15) is 5.76 Å². The predicted octanol–water partition coefficient (Wildman–Crippen LogP) is 0.847. The molecule has 7 nitrogen and oxygen atoms in total. The Balaban J connectivity index is 1.38. The van der Waals surface area contributed by atoms with Crippen molar-refractivity contribution in [1.82, 2.24) is 20.3 Å². The van der Waals surface area contributed by atoms with Gasteiger partial charge in [-0.25, -0.2) is 4.79 Å². The number of carbonyl (C=O) groups is 1. The van der Waals surface area contributed by atoms with E-state index in [-0.39, 0.29) is 6.03 Å². The quantitative estimate of drug-likeness (QED) is 0.893. The van der Waals surface area contributed by atoms with Crippen molar-refractivity contribution < 1.29 is 14.1 Å². The molecule has 1 atom stereocenters. The number of aromatic nitrogens is 1. The molecule has 0 aromatic carbocycles. The molecule has 2 fully saturated rings. The number of ether oxygens (including phenoxy) is 1. The highest BCUT2D eigenvalue weighted by molar-refractivity contribution is 5.74. The Morgan fingerprint density at radius 2 is 2.23 bits per heavy atom. The number of rotatable bonds is 4. The molecule has 22 heavy (non-hydrogen) atoms. The Bertz CT molecular complexity index is 491. The summed E-state index contributed by atoms with van der Waals surface area (Å²) < 4.78 is 10.4. The molecule has 1 aromatic rings. The molecule has 1 aromatic heterocycles. The van der Waals surface area contributed by atoms with E-state index < -0.39 is 0 Å². The molecule has 0 aliphatic carbocycles. The zero-order chi connectivity index (χ0) is 15.4. The van der Waals surface area contributed by atoms with E-state index in [1.54, 1.807) is 0 Å². The van der Waals surface area contributed by atoms with Gasteiger partial charge in [-0.2, -0.15) is 0 Å². The summed E-state index contributed by atoms with van der Waals surface area (Å²) in [6.07, 6.45) is 1.05. The van der Waals surface area contributed by atoms with Gasteiger partial charge in [0.05, 0.1) is 12.3 Å². The molecule has 0 bridgehead atoms. The minimum absolute atomic E-state index is 0.0452. The van der Waals surface area contributed by atoms with Crippen LogP contribution in [0.1, 0.15) is 17.9 Å². The van der Waals surface area contributed by atoms with Crippen LogP contribution in [0.4, 0.5) is 4.79 Å². The zero-order valence-electron chi connectivity index (χ0n) is 13.1. The average molecular weight is 308 g/mol. The van der Waals surface area contributed by atoms with Crippen molar-refractivity contribution in [2.24, 2.45) is 5.92 Å². The van der Waals surface area contributed by atoms with Gasteiger partial charge in [-0.3, -0.25) is 4.90 Å². The number of urea groups is 1. The van der Waals surface area contributed by atoms with Gasteiger partial charge in [0.15, 0.2) is 0 Å². The molecule has 0 spiro atoms. The van der Waals surface area contributed by atoms with Crippen LogP contribution < -0.4 is 5.32 Å². The fourth-order valence-corrected chi connectivity index (χ4v) is 2.92. The number of hydrogen-bond donors (Lipinski definition) is 1. The summed E-state index contributed by atoms with van der Waals surface area (Å²) in [5.74, 6) is 1.31. The Hall–Kier alpha value is -1.60. The molecule has 122 valence electrons. The Labute approximate surface area is 130 Å². The SMILES string of the molecule is Cc1cc(CN2CCN(C(=O)NC[C@H]3CCOC3)CC2)no1. The number of carbonyl (C=O) groups excluding carboxylic acids is 1. The predicted molar refractivity (Wildman–Crippen MR) is 80.4 cm³/mol. The number of hydrogen-bond acceptors (Lipinski definition) is 5. The maximum atomic E-state index is 12.2. The molecule has 3 rings (SSSR count). The maximum Gasteiger partial charge on any atom is 0.317 e. The minimum Gasteiger partial charge on any atom is -0.381 e. The summed E-state index contributed by atoms with van der Waals surface area (Å²) in [6.45, 7) is 8.23. The normalized spacial score (nSPS) is 23.0. The van der Waals surface area contributed by atoms with E-state index in [4.69, 9.17) is 9.26 Å². The van der Waals surface area contributed by atoms with Crippen LogP contribution in [-0.4, -0.2) is 66.9 Å². The first-order valence-electron chi connectivity index (χ1n) is 7.96. The second-order valence-electron chi connectivity index (χ2n) is 6.11. The third-order valence-electron chi connectivity index (χ3n) is 4.29. The Morgan fingerprint density at radius 1 is 1.41 bits per heavy atom. The Morgan fingerprint density at radius 3 is 2.86 bits per heavy atom. The first-order valence-corrected chi connectivity index (χ1v) is 7.96. The molecule has 2 aliphatic heterocycles. The van der Waals surface area contributed by atoms with Crippen LogP contribution in [0.25, 0.3) is 0 Å². The van der Waals surface area contributed by atoms with Crippen molar-refractivity contribution >= 4 is 6.03 Å². The van der Waals surface area contributed by atoms with Crippen molar-refractivity contribution in [2.75, 3.05) is 45.9 Å². The largest absolute Gasteiger partial charge is 0.381 e. The zero-order valence-corrected chi connectivity index (χ0v) is 13.1. The molecular weight excluding hydrogens is 284 g/mol. The fourth-order valence-electron chi connectivity index (χ4n) is 2.92. The standard InChI is InChI=1S/C15H24N4O3/c1-12-8-14(17-22-12)10-18-3-5-19(6-4-18)15(20)16-9-13-2-7-21-11-13/h8,13H,2-7,9-11H2,1H3,(H,16,20)/t13-/m1/s1. The van der Waals surface area contributed by atoms with Crippen molar-refractivity contribution in [3.05, 3.63) is 17.5 Å². The summed E-state index contributed by atoms with van der Waals surface area (Å²) in [4.78, 5) is 16.3. The van der Waals surface area contributed by atoms with E-state index in [0.717, 1.165) is 70.4 Å². The van der Waals surface area contributed by atoms with Gasteiger partial charge in [-0.1, -0.05) is 5.16 Å². The Kier molecular flexibility index (Phi) is 4.94. The highest BCUT2D eigenvalue weighted by Crippen LogP contribution is 2.12. The highest BCUT2D eigenvalue weighted by Gasteiger charge is 2.23. The van der Waals surface area contributed by atoms with Crippen LogP contribution in [0.3, 0.4) is 0 Å². The minimum atomic E-state index is 0.0452. The number of aryl methyl sites for hydroxylation is 1. The van der Waals surface area contributed by atoms with Gasteiger partial charge in [-0.15, -0.1) is 0 Å². The topological polar surface area (TPSA) is 70.8 Å². The van der Waals surface area contributed by atoms with E-state index in [0.29, 0.717) is 5.92 Å². The number of piperazine rings is 1. The summed E-state index contributed by atoms with van der Waals surface area (Å²) in [5.41, 5.74) is 0.955. The summed E-state index contributed by atoms with van der Waals surface area (Å²) in [7, 11) is 0. The highest BCUT2D eigenvalue weighted by atomic mass is 16.5. The van der Waals surface area contributed by atoms with Gasteiger partial charge in [0.2, 0.25) is 0 Å². The van der Waals surface area contributed by atoms with Crippen LogP contribution in [0.5, 0.6) is 0 Å². The van der Waals surface area contributed by atoms with Crippen LogP contribution in [0, 0.1) is 12.8 Å². The van der Waals surface area contributed by atoms with E-state index in [1.165, 1.54) is 0 Å². The van der Waals surface area contributed by atoms with E-state index in [1.807, 2.05) is 17.9 Å². The van der Waals surface area contributed by atoms with Gasteiger partial charge in [0.25, 0.3) is 0 Å². The third-order valence-corrected chi connectivity index (χ3v) is 4.29. The smallest absolute Gasteiger partial charge is 0.317 e. The monoisotopic (exact) mass is 308 g/mol. The lowest BCUT2D eigenvalue weighted by Gasteiger charge is -2.34. The number of nitrogens with one attached hydrogen (secondary N) is 1. The molecule has 0 saturated carbocycles. The van der Waals surface area contributed by atoms with Crippen LogP contribution in [-0.2, 0) is 11.3 Å². The molecule has 2 amide bonds. The molecule has 0 radical (unpaired) electrons. The molecular formula is C15H24N4O3. The van der Waals surface area contributed by atoms with Crippen LogP contribution in [0.2, 0.25) is 0 Å². The molecule has 1 N–H and O–H groups in total. The van der Waals surface area contributed by atoms with Gasteiger partial charge < -0.3 is 19.5 Å². The van der Waals surface area contributed by atoms with Crippen molar-refractivity contribution in [1.29, 1.82) is 0 Å². The van der Waals surface area contributed by atoms with Crippen molar-refractivity contribution in [2.45, 2.75) is 19.9 Å². The number of nitrogens with zero attached hydrogens (tertiary/aromatic N) is 3. The van der Waals surface area contributed by atoms with Crippen molar-refractivity contribution in [3.63, 3.8) is 0 Å². The second kappa shape index (κ2) is 7.11. The molecule has 0 unspecified atom stereocenters. The molecule has 2 aliphatic rings. The van der Waals surface area contributed by atoms with E-state index >= 15 is 0 Å². The number of amides is 2. The first kappa shape index (κ1) is 15.3. The van der Waals surface area contributed by atoms with Crippen LogP contribution >= 0.6 is 0 Å². The lowest BCUT2D eigenvalue weighted by atomic mass is 10.1. The molecule has 7 heteroatoms. The lowest BCUT2D eigenvalue weighted by molar-refractivity contribution is 0.132. The van der Waals surface area contributed by atoms with Gasteiger partial charge in [-0.05, 0) is 13.3 Å². The van der Waals surface area contributed by atoms with E-state index in [2.05, 4.69) is 15.4 Å². The van der Waals surface area contributed by atoms with Gasteiger partial charge in [0, 0.05) is 57.9 Å².